The van der Waals surface area contributed by atoms with E-state index >= 15 is 0 Å². The fourth-order valence-corrected chi connectivity index (χ4v) is 9.22. The van der Waals surface area contributed by atoms with Gasteiger partial charge in [-0.2, -0.15) is 0 Å². The van der Waals surface area contributed by atoms with E-state index in [1.54, 1.807) is 7.05 Å². The molecule has 276 valence electrons. The molecule has 0 radical (unpaired) electrons. The summed E-state index contributed by atoms with van der Waals surface area (Å²) < 4.78 is 12.3. The summed E-state index contributed by atoms with van der Waals surface area (Å²) in [4.78, 5) is 46.7. The van der Waals surface area contributed by atoms with Crippen molar-refractivity contribution in [2.75, 3.05) is 33.3 Å². The van der Waals surface area contributed by atoms with Crippen molar-refractivity contribution in [3.63, 3.8) is 0 Å². The SMILES string of the molecule is CCCC[C@H](CNCC1CCCCC1)COC(=O)[C@]12O[C@@]1(CC=C(C)C[C@@H](NC(N)=NC)C1CCNC(N)C1)C(=O)C1CCCCC1C2=O. The van der Waals surface area contributed by atoms with Crippen LogP contribution >= 0.6 is 0 Å². The molecule has 3 aliphatic carbocycles. The van der Waals surface area contributed by atoms with Crippen LogP contribution in [0, 0.1) is 29.6 Å². The second-order valence-electron chi connectivity index (χ2n) is 15.8. The van der Waals surface area contributed by atoms with E-state index in [9.17, 15) is 14.4 Å². The predicted octanol–water partition coefficient (Wildman–Crippen LogP) is 3.89. The Morgan fingerprint density at radius 1 is 1.10 bits per heavy atom. The number of Topliss-reactive ketones (excluding diaryl/α,β-unsaturated/α-hetero) is 2. The number of piperidine rings is 1. The highest BCUT2D eigenvalue weighted by Gasteiger charge is 2.86. The second kappa shape index (κ2) is 17.2. The van der Waals surface area contributed by atoms with Gasteiger partial charge in [0.15, 0.2) is 23.1 Å². The topological polar surface area (TPSA) is 173 Å². The maximum Gasteiger partial charge on any atom is 0.349 e. The summed E-state index contributed by atoms with van der Waals surface area (Å²) in [7, 11) is 1.66. The Kier molecular flexibility index (Phi) is 13.3. The summed E-state index contributed by atoms with van der Waals surface area (Å²) in [5, 5.41) is 10.3. The van der Waals surface area contributed by atoms with Crippen molar-refractivity contribution in [2.24, 2.45) is 46.0 Å². The van der Waals surface area contributed by atoms with Gasteiger partial charge in [-0.15, -0.1) is 0 Å². The van der Waals surface area contributed by atoms with E-state index in [2.05, 4.69) is 27.9 Å². The number of aliphatic imine (C=N–C) groups is 1. The van der Waals surface area contributed by atoms with Crippen molar-refractivity contribution in [3.8, 4) is 0 Å². The normalized spacial score (nSPS) is 33.7. The molecule has 2 saturated heterocycles. The molecule has 2 aliphatic heterocycles. The molecule has 8 atom stereocenters. The molecule has 11 heteroatoms. The average Bonchev–Trinajstić information content (AvgIpc) is 3.83. The molecule has 4 unspecified atom stereocenters. The van der Waals surface area contributed by atoms with Gasteiger partial charge in [-0.25, -0.2) is 4.79 Å². The second-order valence-corrected chi connectivity index (χ2v) is 15.8. The van der Waals surface area contributed by atoms with Crippen LogP contribution in [0.15, 0.2) is 16.6 Å². The summed E-state index contributed by atoms with van der Waals surface area (Å²) in [6, 6.07) is -0.00126. The van der Waals surface area contributed by atoms with Gasteiger partial charge in [0, 0.05) is 43.8 Å². The van der Waals surface area contributed by atoms with Crippen LogP contribution in [0.3, 0.4) is 0 Å². The molecular formula is C38H64N6O5. The van der Waals surface area contributed by atoms with Crippen LogP contribution < -0.4 is 27.4 Å². The first kappa shape index (κ1) is 37.9. The van der Waals surface area contributed by atoms with Gasteiger partial charge in [-0.3, -0.25) is 14.6 Å². The number of nitrogens with one attached hydrogen (secondary N) is 3. The number of nitrogens with zero attached hydrogens (tertiary/aromatic N) is 1. The van der Waals surface area contributed by atoms with Crippen LogP contribution in [0.2, 0.25) is 0 Å². The van der Waals surface area contributed by atoms with Crippen LogP contribution in [0.5, 0.6) is 0 Å². The van der Waals surface area contributed by atoms with E-state index < -0.39 is 29.0 Å². The quantitative estimate of drug-likeness (QED) is 0.0401. The van der Waals surface area contributed by atoms with Crippen molar-refractivity contribution in [1.82, 2.24) is 16.0 Å². The molecule has 0 aromatic carbocycles. The summed E-state index contributed by atoms with van der Waals surface area (Å²) in [5.74, 6) is -0.389. The number of rotatable bonds is 16. The number of ketones is 2. The van der Waals surface area contributed by atoms with Gasteiger partial charge in [0.2, 0.25) is 0 Å². The highest BCUT2D eigenvalue weighted by Crippen LogP contribution is 2.61. The van der Waals surface area contributed by atoms with Gasteiger partial charge < -0.3 is 36.9 Å². The number of ether oxygens (including phenoxy) is 2. The van der Waals surface area contributed by atoms with Gasteiger partial charge >= 0.3 is 5.97 Å². The highest BCUT2D eigenvalue weighted by molar-refractivity contribution is 6.23. The number of fused-ring (bicyclic) bond motifs is 2. The minimum absolute atomic E-state index is 0.00126. The first-order valence-corrected chi connectivity index (χ1v) is 19.4. The lowest BCUT2D eigenvalue weighted by molar-refractivity contribution is -0.159. The third-order valence-corrected chi connectivity index (χ3v) is 12.2. The maximum absolute atomic E-state index is 14.3. The summed E-state index contributed by atoms with van der Waals surface area (Å²) in [6.07, 6.45) is 17.1. The molecule has 5 rings (SSSR count). The van der Waals surface area contributed by atoms with E-state index in [4.69, 9.17) is 20.9 Å². The van der Waals surface area contributed by atoms with E-state index in [0.717, 1.165) is 70.2 Å². The van der Waals surface area contributed by atoms with Crippen LogP contribution in [-0.2, 0) is 23.9 Å². The third-order valence-electron chi connectivity index (χ3n) is 12.2. The molecule has 49 heavy (non-hydrogen) atoms. The monoisotopic (exact) mass is 684 g/mol. The Labute approximate surface area is 293 Å². The van der Waals surface area contributed by atoms with Gasteiger partial charge in [0.1, 0.15) is 0 Å². The Hall–Kier alpha value is -2.34. The summed E-state index contributed by atoms with van der Waals surface area (Å²) in [6.45, 7) is 6.99. The zero-order chi connectivity index (χ0) is 35.0. The molecular weight excluding hydrogens is 620 g/mol. The smallest absolute Gasteiger partial charge is 0.349 e. The van der Waals surface area contributed by atoms with Crippen molar-refractivity contribution < 1.29 is 23.9 Å². The van der Waals surface area contributed by atoms with Crippen molar-refractivity contribution in [3.05, 3.63) is 11.6 Å². The molecule has 5 fully saturated rings. The number of nitrogens with two attached hydrogens (primary N) is 2. The number of epoxide rings is 1. The van der Waals surface area contributed by atoms with E-state index in [1.165, 1.54) is 32.1 Å². The van der Waals surface area contributed by atoms with Crippen molar-refractivity contribution in [1.29, 1.82) is 0 Å². The van der Waals surface area contributed by atoms with Crippen LogP contribution in [0.4, 0.5) is 0 Å². The van der Waals surface area contributed by atoms with Crippen LogP contribution in [0.25, 0.3) is 0 Å². The number of carbonyl (C=O) groups is 3. The average molecular weight is 685 g/mol. The lowest BCUT2D eigenvalue weighted by Gasteiger charge is -2.37. The summed E-state index contributed by atoms with van der Waals surface area (Å²) >= 11 is 0. The molecule has 5 aliphatic rings. The van der Waals surface area contributed by atoms with E-state index in [-0.39, 0.29) is 48.6 Å². The fraction of sp³-hybridized carbons (Fsp3) is 0.842. The number of unbranched alkanes of at least 4 members (excludes halogenated alkanes) is 1. The molecule has 0 amide bonds. The number of guanidine groups is 1. The predicted molar refractivity (Wildman–Crippen MR) is 192 cm³/mol. The number of carbonyl (C=O) groups excluding carboxylic acids is 3. The molecule has 11 nitrogen and oxygen atoms in total. The Bertz CT molecular complexity index is 1220. The molecule has 0 aromatic rings. The Morgan fingerprint density at radius 3 is 2.51 bits per heavy atom. The highest BCUT2D eigenvalue weighted by atomic mass is 16.7. The molecule has 2 heterocycles. The zero-order valence-electron chi connectivity index (χ0n) is 30.4. The van der Waals surface area contributed by atoms with E-state index in [0.29, 0.717) is 31.1 Å². The lowest BCUT2D eigenvalue weighted by Crippen LogP contribution is -2.58. The van der Waals surface area contributed by atoms with Gasteiger partial charge in [0.25, 0.3) is 5.60 Å². The number of hydrogen-bond donors (Lipinski definition) is 5. The first-order chi connectivity index (χ1) is 23.6. The third kappa shape index (κ3) is 8.59. The Morgan fingerprint density at radius 2 is 1.82 bits per heavy atom. The van der Waals surface area contributed by atoms with Crippen LogP contribution in [0.1, 0.15) is 117 Å². The van der Waals surface area contributed by atoms with E-state index in [1.807, 2.05) is 13.0 Å². The van der Waals surface area contributed by atoms with Crippen molar-refractivity contribution in [2.45, 2.75) is 140 Å². The zero-order valence-corrected chi connectivity index (χ0v) is 30.4. The van der Waals surface area contributed by atoms with Crippen molar-refractivity contribution >= 4 is 23.5 Å². The standard InChI is InChI=1S/C38H64N6O5/c1-4-5-11-27(23-42-22-26-12-7-6-8-13-26)24-48-35(47)38-34(46)30-15-10-9-14-29(30)33(45)37(38,49-38)18-16-25(2)20-31(44-36(40)41-3)28-17-19-43-32(39)21-28/h16,26-32,42-43H,4-15,17-24,39H2,1-3H3,(H3,40,41,44)/t27-,28?,29?,30?,31-,32?,37+,38+/m1/s1. The van der Waals surface area contributed by atoms with Gasteiger partial charge in [0.05, 0.1) is 12.8 Å². The first-order valence-electron chi connectivity index (χ1n) is 19.4. The molecule has 3 saturated carbocycles. The number of hydrogen-bond acceptors (Lipinski definition) is 9. The fourth-order valence-electron chi connectivity index (χ4n) is 9.22. The maximum atomic E-state index is 14.3. The van der Waals surface area contributed by atoms with Crippen LogP contribution in [-0.4, -0.2) is 80.2 Å². The molecule has 0 spiro atoms. The largest absolute Gasteiger partial charge is 0.463 e. The molecule has 0 bridgehead atoms. The minimum atomic E-state index is -1.84. The molecule has 7 N–H and O–H groups in total. The summed E-state index contributed by atoms with van der Waals surface area (Å²) in [5.41, 5.74) is 10.0. The van der Waals surface area contributed by atoms with Gasteiger partial charge in [-0.05, 0) is 83.2 Å². The van der Waals surface area contributed by atoms with Gasteiger partial charge in [-0.1, -0.05) is 63.5 Å². The number of esters is 1. The molecule has 0 aromatic heterocycles. The minimum Gasteiger partial charge on any atom is -0.463 e. The lowest BCUT2D eigenvalue weighted by atomic mass is 9.61. The Balaban J connectivity index is 1.29.